The van der Waals surface area contributed by atoms with E-state index in [1.54, 1.807) is 18.2 Å². The summed E-state index contributed by atoms with van der Waals surface area (Å²) in [7, 11) is 0. The Kier molecular flexibility index (Phi) is 8.95. The topological polar surface area (TPSA) is 85.3 Å². The molecule has 7 nitrogen and oxygen atoms in total. The minimum atomic E-state index is -1.07. The van der Waals surface area contributed by atoms with Crippen molar-refractivity contribution in [3.8, 4) is 11.5 Å². The van der Waals surface area contributed by atoms with Gasteiger partial charge in [0, 0.05) is 0 Å². The molecule has 0 atom stereocenters. The lowest BCUT2D eigenvalue weighted by molar-refractivity contribution is -0.113. The summed E-state index contributed by atoms with van der Waals surface area (Å²) in [6.45, 7) is 3.80. The SMILES string of the molecule is Cc1ccc(OCCOCCOc2ccc(/C=C3\SC(=S)N(c4cccc(C(=O)O)c4)C3=O)cc2)cc1. The molecule has 0 radical (unpaired) electrons. The van der Waals surface area contributed by atoms with E-state index >= 15 is 0 Å². The van der Waals surface area contributed by atoms with Crippen molar-refractivity contribution in [2.45, 2.75) is 6.92 Å². The minimum Gasteiger partial charge on any atom is -0.491 e. The van der Waals surface area contributed by atoms with Gasteiger partial charge in [0.2, 0.25) is 0 Å². The van der Waals surface area contributed by atoms with Crippen LogP contribution in [-0.4, -0.2) is 47.7 Å². The van der Waals surface area contributed by atoms with Gasteiger partial charge in [0.15, 0.2) is 4.32 Å². The Hall–Kier alpha value is -3.66. The third kappa shape index (κ3) is 7.19. The standard InChI is InChI=1S/C28H25NO6S2/c1-19-5-9-23(10-6-19)34-15-13-33-14-16-35-24-11-7-20(8-12-24)17-25-26(30)29(28(36)37-25)22-4-2-3-21(18-22)27(31)32/h2-12,17-18H,13-16H2,1H3,(H,31,32)/b25-17-. The van der Waals surface area contributed by atoms with Crippen LogP contribution in [0.25, 0.3) is 6.08 Å². The monoisotopic (exact) mass is 535 g/mol. The Morgan fingerprint density at radius 2 is 1.57 bits per heavy atom. The predicted octanol–water partition coefficient (Wildman–Crippen LogP) is 5.57. The molecule has 0 aromatic heterocycles. The van der Waals surface area contributed by atoms with Crippen LogP contribution in [0.3, 0.4) is 0 Å². The van der Waals surface area contributed by atoms with Crippen molar-refractivity contribution in [1.29, 1.82) is 0 Å². The molecule has 1 aliphatic rings. The Labute approximate surface area is 224 Å². The lowest BCUT2D eigenvalue weighted by atomic mass is 10.2. The van der Waals surface area contributed by atoms with E-state index in [0.717, 1.165) is 11.3 Å². The van der Waals surface area contributed by atoms with Crippen LogP contribution in [0.2, 0.25) is 0 Å². The number of thioether (sulfide) groups is 1. The maximum Gasteiger partial charge on any atom is 0.335 e. The number of aromatic carboxylic acids is 1. The van der Waals surface area contributed by atoms with E-state index in [4.69, 9.17) is 26.4 Å². The summed E-state index contributed by atoms with van der Waals surface area (Å²) in [6.07, 6.45) is 1.75. The zero-order chi connectivity index (χ0) is 26.2. The Bertz CT molecular complexity index is 1310. The third-order valence-corrected chi connectivity index (χ3v) is 6.64. The minimum absolute atomic E-state index is 0.0899. The van der Waals surface area contributed by atoms with Crippen molar-refractivity contribution in [1.82, 2.24) is 0 Å². The Morgan fingerprint density at radius 3 is 2.19 bits per heavy atom. The first-order valence-electron chi connectivity index (χ1n) is 11.5. The number of hydrogen-bond donors (Lipinski definition) is 1. The van der Waals surface area contributed by atoms with Gasteiger partial charge in [0.25, 0.3) is 5.91 Å². The van der Waals surface area contributed by atoms with E-state index < -0.39 is 5.97 Å². The highest BCUT2D eigenvalue weighted by Gasteiger charge is 2.33. The molecular formula is C28H25NO6S2. The van der Waals surface area contributed by atoms with Gasteiger partial charge in [-0.2, -0.15) is 0 Å². The van der Waals surface area contributed by atoms with Crippen molar-refractivity contribution in [2.24, 2.45) is 0 Å². The second-order valence-electron chi connectivity index (χ2n) is 8.06. The van der Waals surface area contributed by atoms with E-state index in [1.165, 1.54) is 34.4 Å². The number of nitrogens with zero attached hydrogens (tertiary/aromatic N) is 1. The highest BCUT2D eigenvalue weighted by atomic mass is 32.2. The van der Waals surface area contributed by atoms with Crippen molar-refractivity contribution >= 4 is 51.9 Å². The molecule has 0 saturated carbocycles. The summed E-state index contributed by atoms with van der Waals surface area (Å²) >= 11 is 6.55. The molecule has 1 N–H and O–H groups in total. The molecule has 0 bridgehead atoms. The van der Waals surface area contributed by atoms with Crippen LogP contribution in [0.4, 0.5) is 5.69 Å². The predicted molar refractivity (Wildman–Crippen MR) is 148 cm³/mol. The number of amides is 1. The van der Waals surface area contributed by atoms with E-state index in [-0.39, 0.29) is 11.5 Å². The summed E-state index contributed by atoms with van der Waals surface area (Å²) in [6, 6.07) is 21.4. The average molecular weight is 536 g/mol. The first-order valence-corrected chi connectivity index (χ1v) is 12.7. The largest absolute Gasteiger partial charge is 0.491 e. The first-order chi connectivity index (χ1) is 17.9. The number of anilines is 1. The van der Waals surface area contributed by atoms with Crippen molar-refractivity contribution in [3.05, 3.63) is 94.4 Å². The molecule has 0 aliphatic carbocycles. The quantitative estimate of drug-likeness (QED) is 0.194. The summed E-state index contributed by atoms with van der Waals surface area (Å²) in [5.41, 5.74) is 2.52. The second-order valence-corrected chi connectivity index (χ2v) is 9.74. The number of carbonyl (C=O) groups is 2. The molecular weight excluding hydrogens is 510 g/mol. The van der Waals surface area contributed by atoms with E-state index in [2.05, 4.69) is 0 Å². The zero-order valence-electron chi connectivity index (χ0n) is 20.1. The van der Waals surface area contributed by atoms with Crippen LogP contribution >= 0.6 is 24.0 Å². The van der Waals surface area contributed by atoms with Gasteiger partial charge in [-0.25, -0.2) is 4.79 Å². The van der Waals surface area contributed by atoms with Gasteiger partial charge in [-0.1, -0.05) is 59.9 Å². The lowest BCUT2D eigenvalue weighted by Gasteiger charge is -2.14. The van der Waals surface area contributed by atoms with Crippen LogP contribution in [-0.2, 0) is 9.53 Å². The number of benzene rings is 3. The number of carbonyl (C=O) groups excluding carboxylic acids is 1. The molecule has 37 heavy (non-hydrogen) atoms. The molecule has 1 saturated heterocycles. The van der Waals surface area contributed by atoms with Gasteiger partial charge >= 0.3 is 5.97 Å². The highest BCUT2D eigenvalue weighted by Crippen LogP contribution is 2.36. The number of aryl methyl sites for hydroxylation is 1. The molecule has 190 valence electrons. The van der Waals surface area contributed by atoms with Crippen molar-refractivity contribution in [2.75, 3.05) is 31.3 Å². The normalized spacial score (nSPS) is 14.3. The summed E-state index contributed by atoms with van der Waals surface area (Å²) in [4.78, 5) is 26.0. The number of thiocarbonyl (C=S) groups is 1. The third-order valence-electron chi connectivity index (χ3n) is 5.34. The summed E-state index contributed by atoms with van der Waals surface area (Å²) < 4.78 is 17.2. The van der Waals surface area contributed by atoms with Crippen molar-refractivity contribution < 1.29 is 28.9 Å². The highest BCUT2D eigenvalue weighted by molar-refractivity contribution is 8.27. The van der Waals surface area contributed by atoms with Gasteiger partial charge < -0.3 is 19.3 Å². The van der Waals surface area contributed by atoms with Crippen LogP contribution < -0.4 is 14.4 Å². The van der Waals surface area contributed by atoms with Gasteiger partial charge in [-0.3, -0.25) is 9.69 Å². The fourth-order valence-electron chi connectivity index (χ4n) is 3.45. The van der Waals surface area contributed by atoms with Crippen LogP contribution in [0.1, 0.15) is 21.5 Å². The molecule has 9 heteroatoms. The van der Waals surface area contributed by atoms with E-state index in [9.17, 15) is 14.7 Å². The maximum atomic E-state index is 13.0. The number of carboxylic acids is 1. The first kappa shape index (κ1) is 26.4. The van der Waals surface area contributed by atoms with E-state index in [1.807, 2.05) is 55.5 Å². The van der Waals surface area contributed by atoms with Crippen LogP contribution in [0, 0.1) is 6.92 Å². The lowest BCUT2D eigenvalue weighted by Crippen LogP contribution is -2.27. The fourth-order valence-corrected chi connectivity index (χ4v) is 4.75. The molecule has 0 unspecified atom stereocenters. The average Bonchev–Trinajstić information content (AvgIpc) is 3.17. The van der Waals surface area contributed by atoms with Gasteiger partial charge in [0.1, 0.15) is 24.7 Å². The second kappa shape index (κ2) is 12.5. The van der Waals surface area contributed by atoms with Gasteiger partial charge in [-0.05, 0) is 61.0 Å². The molecule has 4 rings (SSSR count). The van der Waals surface area contributed by atoms with Gasteiger partial charge in [0.05, 0.1) is 29.4 Å². The molecule has 0 spiro atoms. The number of hydrogen-bond acceptors (Lipinski definition) is 7. The number of rotatable bonds is 11. The Balaban J connectivity index is 1.23. The van der Waals surface area contributed by atoms with Gasteiger partial charge in [-0.15, -0.1) is 0 Å². The maximum absolute atomic E-state index is 13.0. The number of carboxylic acid groups (broad SMARTS) is 1. The smallest absolute Gasteiger partial charge is 0.335 e. The fraction of sp³-hybridized carbons (Fsp3) is 0.179. The number of ether oxygens (including phenoxy) is 3. The molecule has 1 aliphatic heterocycles. The van der Waals surface area contributed by atoms with E-state index in [0.29, 0.717) is 47.1 Å². The molecule has 3 aromatic rings. The molecule has 1 heterocycles. The Morgan fingerprint density at radius 1 is 0.946 bits per heavy atom. The molecule has 1 fully saturated rings. The summed E-state index contributed by atoms with van der Waals surface area (Å²) in [5, 5.41) is 9.23. The van der Waals surface area contributed by atoms with Crippen LogP contribution in [0.15, 0.2) is 77.7 Å². The zero-order valence-corrected chi connectivity index (χ0v) is 21.7. The van der Waals surface area contributed by atoms with Crippen molar-refractivity contribution in [3.63, 3.8) is 0 Å². The molecule has 3 aromatic carbocycles. The summed E-state index contributed by atoms with van der Waals surface area (Å²) in [5.74, 6) is 0.153. The molecule has 1 amide bonds. The van der Waals surface area contributed by atoms with Crippen LogP contribution in [0.5, 0.6) is 11.5 Å².